The molecule has 25 heavy (non-hydrogen) atoms. The maximum atomic E-state index is 12.8. The van der Waals surface area contributed by atoms with Gasteiger partial charge in [-0.05, 0) is 43.2 Å². The molecule has 0 spiro atoms. The van der Waals surface area contributed by atoms with E-state index in [9.17, 15) is 14.7 Å². The lowest BCUT2D eigenvalue weighted by Crippen LogP contribution is -2.27. The average Bonchev–Trinajstić information content (AvgIpc) is 2.84. The molecule has 0 unspecified atom stereocenters. The van der Waals surface area contributed by atoms with Crippen LogP contribution in [-0.4, -0.2) is 21.3 Å². The number of nitrogens with zero attached hydrogens (tertiary/aromatic N) is 1. The third kappa shape index (κ3) is 3.50. The van der Waals surface area contributed by atoms with Gasteiger partial charge in [0.1, 0.15) is 0 Å². The summed E-state index contributed by atoms with van der Waals surface area (Å²) in [6.45, 7) is 3.72. The van der Waals surface area contributed by atoms with Crippen LogP contribution < -0.4 is 4.90 Å². The number of benzene rings is 2. The molecule has 0 bridgehead atoms. The van der Waals surface area contributed by atoms with Gasteiger partial charge in [0.05, 0.1) is 16.2 Å². The van der Waals surface area contributed by atoms with Crippen molar-refractivity contribution in [3.8, 4) is 0 Å². The summed E-state index contributed by atoms with van der Waals surface area (Å²) in [5, 5.41) is 9.28. The number of hydrogen-bond acceptors (Lipinski definition) is 4. The number of carboxylic acids is 1. The highest BCUT2D eigenvalue weighted by Crippen LogP contribution is 2.36. The number of amides is 1. The molecule has 0 saturated carbocycles. The molecule has 0 aliphatic carbocycles. The van der Waals surface area contributed by atoms with E-state index in [1.54, 1.807) is 25.1 Å². The van der Waals surface area contributed by atoms with Gasteiger partial charge in [-0.15, -0.1) is 0 Å². The first-order chi connectivity index (χ1) is 11.9. The van der Waals surface area contributed by atoms with E-state index in [0.717, 1.165) is 11.1 Å². The molecule has 6 heteroatoms. The number of hydrogen-bond donors (Lipinski definition) is 1. The van der Waals surface area contributed by atoms with Crippen LogP contribution >= 0.6 is 24.0 Å². The van der Waals surface area contributed by atoms with Gasteiger partial charge in [-0.3, -0.25) is 9.69 Å². The van der Waals surface area contributed by atoms with Gasteiger partial charge in [-0.1, -0.05) is 59.9 Å². The molecule has 126 valence electrons. The van der Waals surface area contributed by atoms with Gasteiger partial charge in [-0.25, -0.2) is 4.79 Å². The normalized spacial score (nSPS) is 15.9. The molecule has 2 aromatic carbocycles. The topological polar surface area (TPSA) is 57.6 Å². The monoisotopic (exact) mass is 369 g/mol. The van der Waals surface area contributed by atoms with Gasteiger partial charge in [0, 0.05) is 0 Å². The fraction of sp³-hybridized carbons (Fsp3) is 0.105. The fourth-order valence-electron chi connectivity index (χ4n) is 2.48. The predicted molar refractivity (Wildman–Crippen MR) is 105 cm³/mol. The minimum Gasteiger partial charge on any atom is -0.478 e. The second kappa shape index (κ2) is 6.82. The molecule has 2 aromatic rings. The van der Waals surface area contributed by atoms with E-state index in [-0.39, 0.29) is 11.5 Å². The van der Waals surface area contributed by atoms with E-state index in [1.807, 2.05) is 31.2 Å². The van der Waals surface area contributed by atoms with Crippen molar-refractivity contribution >= 4 is 51.9 Å². The van der Waals surface area contributed by atoms with Crippen LogP contribution in [0.5, 0.6) is 0 Å². The summed E-state index contributed by atoms with van der Waals surface area (Å²) >= 11 is 6.55. The first-order valence-electron chi connectivity index (χ1n) is 7.55. The van der Waals surface area contributed by atoms with Crippen molar-refractivity contribution in [3.05, 3.63) is 69.6 Å². The van der Waals surface area contributed by atoms with E-state index >= 15 is 0 Å². The van der Waals surface area contributed by atoms with E-state index in [1.165, 1.54) is 22.7 Å². The highest BCUT2D eigenvalue weighted by Gasteiger charge is 2.33. The number of carbonyl (C=O) groups excluding carboxylic acids is 1. The Kier molecular flexibility index (Phi) is 4.74. The van der Waals surface area contributed by atoms with Gasteiger partial charge in [0.25, 0.3) is 5.91 Å². The number of carboxylic acid groups (broad SMARTS) is 1. The lowest BCUT2D eigenvalue weighted by molar-refractivity contribution is -0.113. The standard InChI is InChI=1S/C19H15NO3S2/c1-11-3-6-13(7-4-11)9-16-17(21)20(19(24)25-16)14-8-5-12(2)15(10-14)18(22)23/h3-10H,1-2H3,(H,22,23). The number of thioether (sulfide) groups is 1. The third-order valence-corrected chi connectivity index (χ3v) is 5.18. The van der Waals surface area contributed by atoms with Crippen LogP contribution in [0.3, 0.4) is 0 Å². The van der Waals surface area contributed by atoms with Crippen LogP contribution in [0.1, 0.15) is 27.0 Å². The summed E-state index contributed by atoms with van der Waals surface area (Å²) in [4.78, 5) is 26.0. The maximum Gasteiger partial charge on any atom is 0.336 e. The van der Waals surface area contributed by atoms with Crippen molar-refractivity contribution in [2.75, 3.05) is 4.90 Å². The lowest BCUT2D eigenvalue weighted by Gasteiger charge is -2.15. The smallest absolute Gasteiger partial charge is 0.336 e. The van der Waals surface area contributed by atoms with Crippen molar-refractivity contribution in [3.63, 3.8) is 0 Å². The second-order valence-electron chi connectivity index (χ2n) is 5.73. The Hall–Kier alpha value is -2.44. The van der Waals surface area contributed by atoms with Crippen molar-refractivity contribution in [2.45, 2.75) is 13.8 Å². The number of aromatic carboxylic acids is 1. The predicted octanol–water partition coefficient (Wildman–Crippen LogP) is 4.41. The lowest BCUT2D eigenvalue weighted by atomic mass is 10.1. The Bertz CT molecular complexity index is 917. The van der Waals surface area contributed by atoms with Gasteiger partial charge < -0.3 is 5.11 Å². The third-order valence-electron chi connectivity index (χ3n) is 3.88. The first kappa shape index (κ1) is 17.4. The molecule has 0 atom stereocenters. The summed E-state index contributed by atoms with van der Waals surface area (Å²) < 4.78 is 0.392. The van der Waals surface area contributed by atoms with Crippen LogP contribution in [0.2, 0.25) is 0 Å². The Balaban J connectivity index is 1.95. The Morgan fingerprint density at radius 2 is 1.84 bits per heavy atom. The number of rotatable bonds is 3. The molecular formula is C19H15NO3S2. The van der Waals surface area contributed by atoms with E-state index in [4.69, 9.17) is 12.2 Å². The van der Waals surface area contributed by atoms with Gasteiger partial charge in [-0.2, -0.15) is 0 Å². The zero-order valence-electron chi connectivity index (χ0n) is 13.6. The summed E-state index contributed by atoms with van der Waals surface area (Å²) in [7, 11) is 0. The summed E-state index contributed by atoms with van der Waals surface area (Å²) in [5.74, 6) is -1.27. The number of aryl methyl sites for hydroxylation is 2. The summed E-state index contributed by atoms with van der Waals surface area (Å²) in [5.41, 5.74) is 3.33. The zero-order chi connectivity index (χ0) is 18.1. The fourth-order valence-corrected chi connectivity index (χ4v) is 3.78. The van der Waals surface area contributed by atoms with Crippen LogP contribution in [0, 0.1) is 13.8 Å². The van der Waals surface area contributed by atoms with Crippen LogP contribution in [0.25, 0.3) is 6.08 Å². The molecule has 1 fully saturated rings. The summed E-state index contributed by atoms with van der Waals surface area (Å²) in [6, 6.07) is 12.7. The van der Waals surface area contributed by atoms with Gasteiger partial charge in [0.15, 0.2) is 4.32 Å². The minimum absolute atomic E-state index is 0.161. The molecule has 0 radical (unpaired) electrons. The number of anilines is 1. The molecule has 0 aromatic heterocycles. The average molecular weight is 369 g/mol. The first-order valence-corrected chi connectivity index (χ1v) is 8.78. The number of thiocarbonyl (C=S) groups is 1. The number of carbonyl (C=O) groups is 2. The minimum atomic E-state index is -1.03. The van der Waals surface area contributed by atoms with Gasteiger partial charge >= 0.3 is 5.97 Å². The molecule has 1 heterocycles. The summed E-state index contributed by atoms with van der Waals surface area (Å²) in [6.07, 6.45) is 1.80. The highest BCUT2D eigenvalue weighted by molar-refractivity contribution is 8.27. The van der Waals surface area contributed by atoms with Crippen LogP contribution in [-0.2, 0) is 4.79 Å². The van der Waals surface area contributed by atoms with E-state index < -0.39 is 5.97 Å². The molecular weight excluding hydrogens is 354 g/mol. The van der Waals surface area contributed by atoms with Crippen molar-refractivity contribution < 1.29 is 14.7 Å². The van der Waals surface area contributed by atoms with Crippen LogP contribution in [0.15, 0.2) is 47.4 Å². The Morgan fingerprint density at radius 1 is 1.16 bits per heavy atom. The SMILES string of the molecule is Cc1ccc(C=C2SC(=S)N(c3ccc(C)c(C(=O)O)c3)C2=O)cc1. The quantitative estimate of drug-likeness (QED) is 0.642. The molecule has 1 aliphatic heterocycles. The van der Waals surface area contributed by atoms with E-state index in [0.29, 0.717) is 20.5 Å². The molecule has 1 amide bonds. The van der Waals surface area contributed by atoms with Crippen molar-refractivity contribution in [1.82, 2.24) is 0 Å². The maximum absolute atomic E-state index is 12.8. The Morgan fingerprint density at radius 3 is 2.48 bits per heavy atom. The molecule has 4 nitrogen and oxygen atoms in total. The molecule has 1 saturated heterocycles. The molecule has 1 N–H and O–H groups in total. The van der Waals surface area contributed by atoms with E-state index in [2.05, 4.69) is 0 Å². The van der Waals surface area contributed by atoms with Gasteiger partial charge in [0.2, 0.25) is 0 Å². The van der Waals surface area contributed by atoms with Crippen molar-refractivity contribution in [2.24, 2.45) is 0 Å². The highest BCUT2D eigenvalue weighted by atomic mass is 32.2. The molecule has 1 aliphatic rings. The van der Waals surface area contributed by atoms with Crippen LogP contribution in [0.4, 0.5) is 5.69 Å². The Labute approximate surface area is 155 Å². The molecule has 3 rings (SSSR count). The van der Waals surface area contributed by atoms with Crippen molar-refractivity contribution in [1.29, 1.82) is 0 Å². The zero-order valence-corrected chi connectivity index (χ0v) is 15.3. The second-order valence-corrected chi connectivity index (χ2v) is 7.41. The largest absolute Gasteiger partial charge is 0.478 e.